The molecule has 2 heterocycles. The molecule has 1 fully saturated rings. The first kappa shape index (κ1) is 14.6. The van der Waals surface area contributed by atoms with Crippen LogP contribution in [0.15, 0.2) is 18.2 Å². The molecule has 116 valence electrons. The smallest absolute Gasteiger partial charge is 0.231 e. The number of fused-ring (bicyclic) bond motifs is 1. The average Bonchev–Trinajstić information content (AvgIpc) is 3.00. The maximum Gasteiger partial charge on any atom is 0.231 e. The van der Waals surface area contributed by atoms with E-state index in [0.717, 1.165) is 57.3 Å². The number of benzene rings is 1. The number of ether oxygens (including phenoxy) is 3. The molecular weight excluding hydrogens is 268 g/mol. The Morgan fingerprint density at radius 3 is 2.86 bits per heavy atom. The molecular formula is C16H24N2O3. The summed E-state index contributed by atoms with van der Waals surface area (Å²) in [6.45, 7) is 8.57. The van der Waals surface area contributed by atoms with E-state index in [-0.39, 0.29) is 0 Å². The molecule has 5 heteroatoms. The Kier molecular flexibility index (Phi) is 4.95. The molecule has 5 nitrogen and oxygen atoms in total. The normalized spacial score (nSPS) is 19.7. The maximum atomic E-state index is 5.43. The molecule has 0 aromatic heterocycles. The van der Waals surface area contributed by atoms with Gasteiger partial charge in [0.25, 0.3) is 0 Å². The third kappa shape index (κ3) is 3.87. The average molecular weight is 292 g/mol. The van der Waals surface area contributed by atoms with Gasteiger partial charge in [0, 0.05) is 19.1 Å². The van der Waals surface area contributed by atoms with E-state index in [4.69, 9.17) is 14.2 Å². The highest BCUT2D eigenvalue weighted by Crippen LogP contribution is 2.34. The first-order valence-corrected chi connectivity index (χ1v) is 7.76. The molecule has 1 saturated heterocycles. The van der Waals surface area contributed by atoms with Crippen LogP contribution in [0.3, 0.4) is 0 Å². The van der Waals surface area contributed by atoms with Gasteiger partial charge in [-0.15, -0.1) is 0 Å². The van der Waals surface area contributed by atoms with Crippen molar-refractivity contribution in [1.29, 1.82) is 0 Å². The van der Waals surface area contributed by atoms with Gasteiger partial charge in [-0.2, -0.15) is 0 Å². The van der Waals surface area contributed by atoms with Gasteiger partial charge in [-0.25, -0.2) is 0 Å². The molecule has 0 aliphatic carbocycles. The number of hydrogen-bond acceptors (Lipinski definition) is 5. The number of nitrogens with zero attached hydrogens (tertiary/aromatic N) is 1. The number of hydrogen-bond donors (Lipinski definition) is 1. The lowest BCUT2D eigenvalue weighted by Gasteiger charge is -2.26. The van der Waals surface area contributed by atoms with Crippen LogP contribution in [0, 0.1) is 0 Å². The second kappa shape index (κ2) is 7.11. The van der Waals surface area contributed by atoms with Crippen LogP contribution in [-0.2, 0) is 4.74 Å². The molecule has 1 unspecified atom stereocenters. The lowest BCUT2D eigenvalue weighted by Crippen LogP contribution is -2.37. The Hall–Kier alpha value is -1.30. The van der Waals surface area contributed by atoms with Crippen LogP contribution in [-0.4, -0.2) is 51.1 Å². The summed E-state index contributed by atoms with van der Waals surface area (Å²) in [5, 5.41) is 3.58. The van der Waals surface area contributed by atoms with E-state index >= 15 is 0 Å². The molecule has 2 aliphatic rings. The van der Waals surface area contributed by atoms with E-state index in [0.29, 0.717) is 12.8 Å². The highest BCUT2D eigenvalue weighted by molar-refractivity contribution is 5.45. The van der Waals surface area contributed by atoms with Gasteiger partial charge in [0.05, 0.1) is 13.2 Å². The monoisotopic (exact) mass is 292 g/mol. The van der Waals surface area contributed by atoms with Crippen molar-refractivity contribution in [3.63, 3.8) is 0 Å². The molecule has 0 spiro atoms. The van der Waals surface area contributed by atoms with Gasteiger partial charge in [0.1, 0.15) is 0 Å². The second-order valence-corrected chi connectivity index (χ2v) is 5.60. The van der Waals surface area contributed by atoms with E-state index < -0.39 is 0 Å². The van der Waals surface area contributed by atoms with Crippen LogP contribution in [0.4, 0.5) is 0 Å². The minimum atomic E-state index is 0.323. The summed E-state index contributed by atoms with van der Waals surface area (Å²) in [7, 11) is 0. The second-order valence-electron chi connectivity index (χ2n) is 5.60. The van der Waals surface area contributed by atoms with Crippen molar-refractivity contribution >= 4 is 0 Å². The zero-order valence-corrected chi connectivity index (χ0v) is 12.6. The van der Waals surface area contributed by atoms with Crippen LogP contribution in [0.2, 0.25) is 0 Å². The Morgan fingerprint density at radius 1 is 1.19 bits per heavy atom. The van der Waals surface area contributed by atoms with E-state index in [1.165, 1.54) is 5.56 Å². The molecule has 2 aliphatic heterocycles. The first-order chi connectivity index (χ1) is 10.3. The van der Waals surface area contributed by atoms with E-state index in [1.54, 1.807) is 0 Å². The number of nitrogens with one attached hydrogen (secondary N) is 1. The van der Waals surface area contributed by atoms with Crippen molar-refractivity contribution in [2.45, 2.75) is 19.4 Å². The van der Waals surface area contributed by atoms with Crippen LogP contribution >= 0.6 is 0 Å². The predicted molar refractivity (Wildman–Crippen MR) is 80.9 cm³/mol. The van der Waals surface area contributed by atoms with Crippen molar-refractivity contribution in [1.82, 2.24) is 10.2 Å². The minimum Gasteiger partial charge on any atom is -0.454 e. The summed E-state index contributed by atoms with van der Waals surface area (Å²) in [4.78, 5) is 2.47. The highest BCUT2D eigenvalue weighted by atomic mass is 16.7. The molecule has 1 aromatic carbocycles. The Morgan fingerprint density at radius 2 is 2.00 bits per heavy atom. The van der Waals surface area contributed by atoms with Crippen LogP contribution in [0.25, 0.3) is 0 Å². The van der Waals surface area contributed by atoms with E-state index in [2.05, 4.69) is 29.3 Å². The molecule has 21 heavy (non-hydrogen) atoms. The molecule has 1 N–H and O–H groups in total. The van der Waals surface area contributed by atoms with E-state index in [9.17, 15) is 0 Å². The first-order valence-electron chi connectivity index (χ1n) is 7.76. The third-order valence-electron chi connectivity index (χ3n) is 4.10. The van der Waals surface area contributed by atoms with Gasteiger partial charge < -0.3 is 19.5 Å². The van der Waals surface area contributed by atoms with Gasteiger partial charge in [-0.05, 0) is 44.1 Å². The van der Waals surface area contributed by atoms with Crippen LogP contribution < -0.4 is 14.8 Å². The van der Waals surface area contributed by atoms with Crippen molar-refractivity contribution in [3.05, 3.63) is 23.8 Å². The zero-order chi connectivity index (χ0) is 14.5. The molecule has 0 bridgehead atoms. The zero-order valence-electron chi connectivity index (χ0n) is 12.6. The topological polar surface area (TPSA) is 43.0 Å². The third-order valence-corrected chi connectivity index (χ3v) is 4.10. The fraction of sp³-hybridized carbons (Fsp3) is 0.625. The van der Waals surface area contributed by atoms with Crippen LogP contribution in [0.5, 0.6) is 11.5 Å². The number of rotatable bonds is 6. The maximum absolute atomic E-state index is 5.43. The molecule has 0 amide bonds. The summed E-state index contributed by atoms with van der Waals surface area (Å²) in [6.07, 6.45) is 1.16. The SMILES string of the molecule is CC(NCCCN1CCOCC1)c1ccc2c(c1)OCO2. The minimum absolute atomic E-state index is 0.323. The standard InChI is InChI=1S/C16H24N2O3/c1-13(14-3-4-15-16(11-14)21-12-20-15)17-5-2-6-18-7-9-19-10-8-18/h3-4,11,13,17H,2,5-10,12H2,1H3. The highest BCUT2D eigenvalue weighted by Gasteiger charge is 2.15. The van der Waals surface area contributed by atoms with Gasteiger partial charge in [0.2, 0.25) is 6.79 Å². The molecule has 0 saturated carbocycles. The quantitative estimate of drug-likeness (QED) is 0.810. The van der Waals surface area contributed by atoms with Gasteiger partial charge in [0.15, 0.2) is 11.5 Å². The summed E-state index contributed by atoms with van der Waals surface area (Å²) >= 11 is 0. The van der Waals surface area contributed by atoms with Gasteiger partial charge in [-0.1, -0.05) is 6.07 Å². The molecule has 0 radical (unpaired) electrons. The van der Waals surface area contributed by atoms with Crippen molar-refractivity contribution < 1.29 is 14.2 Å². The summed E-state index contributed by atoms with van der Waals surface area (Å²) in [5.74, 6) is 1.70. The van der Waals surface area contributed by atoms with Crippen molar-refractivity contribution in [3.8, 4) is 11.5 Å². The van der Waals surface area contributed by atoms with Crippen molar-refractivity contribution in [2.75, 3.05) is 46.2 Å². The fourth-order valence-electron chi connectivity index (χ4n) is 2.75. The van der Waals surface area contributed by atoms with Crippen molar-refractivity contribution in [2.24, 2.45) is 0 Å². The fourth-order valence-corrected chi connectivity index (χ4v) is 2.75. The lowest BCUT2D eigenvalue weighted by atomic mass is 10.1. The largest absolute Gasteiger partial charge is 0.454 e. The Balaban J connectivity index is 1.40. The molecule has 3 rings (SSSR count). The van der Waals surface area contributed by atoms with E-state index in [1.807, 2.05) is 6.07 Å². The van der Waals surface area contributed by atoms with Gasteiger partial charge in [-0.3, -0.25) is 4.90 Å². The predicted octanol–water partition coefficient (Wildman–Crippen LogP) is 1.79. The summed E-state index contributed by atoms with van der Waals surface area (Å²) < 4.78 is 16.1. The molecule has 1 aromatic rings. The summed E-state index contributed by atoms with van der Waals surface area (Å²) in [6, 6.07) is 6.49. The van der Waals surface area contributed by atoms with Crippen LogP contribution in [0.1, 0.15) is 24.9 Å². The molecule has 1 atom stereocenters. The Bertz CT molecular complexity index is 461. The van der Waals surface area contributed by atoms with Gasteiger partial charge >= 0.3 is 0 Å². The lowest BCUT2D eigenvalue weighted by molar-refractivity contribution is 0.0374. The number of morpholine rings is 1. The summed E-state index contributed by atoms with van der Waals surface area (Å²) in [5.41, 5.74) is 1.24. The Labute approximate surface area is 126 Å².